The van der Waals surface area contributed by atoms with E-state index in [-0.39, 0.29) is 16.9 Å². The number of rotatable bonds is 2. The van der Waals surface area contributed by atoms with Crippen LogP contribution in [-0.2, 0) is 6.18 Å². The first-order valence-corrected chi connectivity index (χ1v) is 5.02. The van der Waals surface area contributed by atoms with Crippen molar-refractivity contribution in [1.29, 1.82) is 0 Å². The van der Waals surface area contributed by atoms with Crippen LogP contribution in [0.15, 0.2) is 30.7 Å². The van der Waals surface area contributed by atoms with Crippen LogP contribution in [0.4, 0.5) is 13.2 Å². The summed E-state index contributed by atoms with van der Waals surface area (Å²) >= 11 is 5.67. The molecular weight excluding hydrogens is 271 g/mol. The molecule has 0 unspecified atom stereocenters. The van der Waals surface area contributed by atoms with Crippen molar-refractivity contribution in [3.8, 4) is 11.8 Å². The maximum absolute atomic E-state index is 12.3. The summed E-state index contributed by atoms with van der Waals surface area (Å²) in [5.74, 6) is -0.0724. The van der Waals surface area contributed by atoms with Gasteiger partial charge in [-0.15, -0.1) is 0 Å². The number of ether oxygens (including phenoxy) is 1. The Morgan fingerprint density at radius 2 is 1.78 bits per heavy atom. The van der Waals surface area contributed by atoms with Crippen LogP contribution < -0.4 is 4.74 Å². The van der Waals surface area contributed by atoms with Crippen LogP contribution in [0.25, 0.3) is 0 Å². The van der Waals surface area contributed by atoms with Gasteiger partial charge in [0.1, 0.15) is 0 Å². The van der Waals surface area contributed by atoms with Gasteiger partial charge in [-0.2, -0.15) is 13.2 Å². The summed E-state index contributed by atoms with van der Waals surface area (Å²) in [7, 11) is 0. The SMILES string of the molecule is FC(F)(F)c1ccc(Oc2nccnc2Cl)nc1. The highest BCUT2D eigenvalue weighted by molar-refractivity contribution is 6.30. The van der Waals surface area contributed by atoms with Gasteiger partial charge < -0.3 is 4.74 Å². The Kier molecular flexibility index (Phi) is 3.33. The molecule has 8 heteroatoms. The van der Waals surface area contributed by atoms with Crippen LogP contribution >= 0.6 is 11.6 Å². The summed E-state index contributed by atoms with van der Waals surface area (Å²) in [4.78, 5) is 11.0. The van der Waals surface area contributed by atoms with Gasteiger partial charge in [-0.05, 0) is 6.07 Å². The zero-order chi connectivity index (χ0) is 13.2. The first kappa shape index (κ1) is 12.6. The molecule has 2 aromatic heterocycles. The van der Waals surface area contributed by atoms with Gasteiger partial charge in [-0.25, -0.2) is 15.0 Å². The normalized spacial score (nSPS) is 11.3. The minimum Gasteiger partial charge on any atom is -0.417 e. The number of pyridine rings is 1. The Morgan fingerprint density at radius 3 is 2.33 bits per heavy atom. The molecule has 2 rings (SSSR count). The fraction of sp³-hybridized carbons (Fsp3) is 0.100. The lowest BCUT2D eigenvalue weighted by molar-refractivity contribution is -0.137. The molecule has 0 aliphatic heterocycles. The molecule has 0 N–H and O–H groups in total. The summed E-state index contributed by atoms with van der Waals surface area (Å²) in [6.45, 7) is 0. The summed E-state index contributed by atoms with van der Waals surface area (Å²) in [5.41, 5.74) is -0.861. The van der Waals surface area contributed by atoms with E-state index >= 15 is 0 Å². The van der Waals surface area contributed by atoms with E-state index in [9.17, 15) is 13.2 Å². The van der Waals surface area contributed by atoms with Gasteiger partial charge in [0.15, 0.2) is 5.15 Å². The molecular formula is C10H5ClF3N3O. The van der Waals surface area contributed by atoms with E-state index < -0.39 is 11.7 Å². The predicted molar refractivity (Wildman–Crippen MR) is 56.4 cm³/mol. The van der Waals surface area contributed by atoms with E-state index in [1.165, 1.54) is 12.4 Å². The molecule has 0 aromatic carbocycles. The standard InChI is InChI=1S/C10H5ClF3N3O/c11-8-9(16-4-3-15-8)18-7-2-1-6(5-17-7)10(12,13)14/h1-5H. The van der Waals surface area contributed by atoms with Crippen LogP contribution in [0.1, 0.15) is 5.56 Å². The van der Waals surface area contributed by atoms with Crippen LogP contribution in [0, 0.1) is 0 Å². The topological polar surface area (TPSA) is 47.9 Å². The molecule has 0 fully saturated rings. The maximum atomic E-state index is 12.3. The van der Waals surface area contributed by atoms with E-state index in [1.54, 1.807) is 0 Å². The van der Waals surface area contributed by atoms with Gasteiger partial charge in [-0.3, -0.25) is 0 Å². The minimum absolute atomic E-state index is 0.000743. The average molecular weight is 276 g/mol. The van der Waals surface area contributed by atoms with Crippen molar-refractivity contribution in [2.75, 3.05) is 0 Å². The molecule has 0 spiro atoms. The van der Waals surface area contributed by atoms with E-state index in [2.05, 4.69) is 15.0 Å². The molecule has 0 saturated carbocycles. The molecule has 0 aliphatic rings. The van der Waals surface area contributed by atoms with Gasteiger partial charge in [0.2, 0.25) is 5.88 Å². The van der Waals surface area contributed by atoms with Gasteiger partial charge in [0.05, 0.1) is 5.56 Å². The molecule has 94 valence electrons. The number of alkyl halides is 3. The second kappa shape index (κ2) is 4.77. The van der Waals surface area contributed by atoms with Crippen molar-refractivity contribution in [3.05, 3.63) is 41.4 Å². The third kappa shape index (κ3) is 2.86. The molecule has 0 aliphatic carbocycles. The summed E-state index contributed by atoms with van der Waals surface area (Å²) in [6.07, 6.45) is -1.07. The fourth-order valence-corrected chi connectivity index (χ4v) is 1.23. The van der Waals surface area contributed by atoms with E-state index in [0.29, 0.717) is 6.20 Å². The lowest BCUT2D eigenvalue weighted by Gasteiger charge is -2.07. The first-order chi connectivity index (χ1) is 8.47. The van der Waals surface area contributed by atoms with E-state index in [4.69, 9.17) is 16.3 Å². The van der Waals surface area contributed by atoms with E-state index in [0.717, 1.165) is 12.1 Å². The van der Waals surface area contributed by atoms with Crippen molar-refractivity contribution in [3.63, 3.8) is 0 Å². The highest BCUT2D eigenvalue weighted by atomic mass is 35.5. The zero-order valence-electron chi connectivity index (χ0n) is 8.65. The number of hydrogen-bond donors (Lipinski definition) is 0. The van der Waals surface area contributed by atoms with Crippen molar-refractivity contribution in [1.82, 2.24) is 15.0 Å². The largest absolute Gasteiger partial charge is 0.417 e. The minimum atomic E-state index is -4.43. The second-order valence-electron chi connectivity index (χ2n) is 3.14. The van der Waals surface area contributed by atoms with Gasteiger partial charge in [0.25, 0.3) is 5.88 Å². The highest BCUT2D eigenvalue weighted by Gasteiger charge is 2.30. The molecule has 2 heterocycles. The first-order valence-electron chi connectivity index (χ1n) is 4.64. The highest BCUT2D eigenvalue weighted by Crippen LogP contribution is 2.30. The summed E-state index contributed by atoms with van der Waals surface area (Å²) < 4.78 is 42.0. The number of aromatic nitrogens is 3. The number of halogens is 4. The summed E-state index contributed by atoms with van der Waals surface area (Å²) in [6, 6.07) is 1.93. The lowest BCUT2D eigenvalue weighted by atomic mass is 10.3. The van der Waals surface area contributed by atoms with Crippen LogP contribution in [0.5, 0.6) is 11.8 Å². The average Bonchev–Trinajstić information content (AvgIpc) is 2.32. The van der Waals surface area contributed by atoms with E-state index in [1.807, 2.05) is 0 Å². The maximum Gasteiger partial charge on any atom is 0.417 e. The third-order valence-corrected chi connectivity index (χ3v) is 2.15. The third-order valence-electron chi connectivity index (χ3n) is 1.89. The van der Waals surface area contributed by atoms with Gasteiger partial charge >= 0.3 is 6.18 Å². The molecule has 0 atom stereocenters. The van der Waals surface area contributed by atoms with Crippen molar-refractivity contribution < 1.29 is 17.9 Å². The Morgan fingerprint density at radius 1 is 1.06 bits per heavy atom. The molecule has 2 aromatic rings. The quantitative estimate of drug-likeness (QED) is 0.843. The van der Waals surface area contributed by atoms with Gasteiger partial charge in [0, 0.05) is 24.7 Å². The van der Waals surface area contributed by atoms with Crippen LogP contribution in [0.3, 0.4) is 0 Å². The second-order valence-corrected chi connectivity index (χ2v) is 3.50. The molecule has 0 amide bonds. The molecule has 18 heavy (non-hydrogen) atoms. The summed E-state index contributed by atoms with van der Waals surface area (Å²) in [5, 5.41) is -0.000743. The Bertz CT molecular complexity index is 545. The zero-order valence-corrected chi connectivity index (χ0v) is 9.40. The smallest absolute Gasteiger partial charge is 0.417 e. The molecule has 0 radical (unpaired) electrons. The van der Waals surface area contributed by atoms with Crippen molar-refractivity contribution in [2.24, 2.45) is 0 Å². The van der Waals surface area contributed by atoms with Gasteiger partial charge in [-0.1, -0.05) is 11.6 Å². The number of hydrogen-bond acceptors (Lipinski definition) is 4. The Hall–Kier alpha value is -1.89. The fourth-order valence-electron chi connectivity index (χ4n) is 1.08. The van der Waals surface area contributed by atoms with Crippen molar-refractivity contribution in [2.45, 2.75) is 6.18 Å². The molecule has 4 nitrogen and oxygen atoms in total. The van der Waals surface area contributed by atoms with Crippen LogP contribution in [0.2, 0.25) is 5.15 Å². The predicted octanol–water partition coefficient (Wildman–Crippen LogP) is 3.34. The Labute approximate surface area is 104 Å². The Balaban J connectivity index is 2.19. The van der Waals surface area contributed by atoms with Crippen molar-refractivity contribution >= 4 is 11.6 Å². The molecule has 0 bridgehead atoms. The lowest BCUT2D eigenvalue weighted by Crippen LogP contribution is -2.05. The van der Waals surface area contributed by atoms with Crippen LogP contribution in [-0.4, -0.2) is 15.0 Å². The molecule has 0 saturated heterocycles. The monoisotopic (exact) mass is 275 g/mol. The number of nitrogens with zero attached hydrogens (tertiary/aromatic N) is 3.